The molecule has 2 heteroatoms. The highest BCUT2D eigenvalue weighted by Crippen LogP contribution is 2.13. The van der Waals surface area contributed by atoms with Crippen LogP contribution in [-0.4, -0.2) is 5.78 Å². The number of Topliss-reactive ketones (excluding diaryl/α,β-unsaturated/α-hetero) is 1. The van der Waals surface area contributed by atoms with Gasteiger partial charge in [0.2, 0.25) is 0 Å². The standard InChI is InChI=1S/C18H15NO/c19-14-16(12-11-15-7-3-1-4-8-15)13-18(20)17-9-5-2-6-10-17/h1-12,16H,13H2/b12-11+. The van der Waals surface area contributed by atoms with Gasteiger partial charge < -0.3 is 0 Å². The molecule has 0 fully saturated rings. The first-order valence-corrected chi connectivity index (χ1v) is 6.50. The van der Waals surface area contributed by atoms with Crippen LogP contribution in [0.1, 0.15) is 22.3 Å². The van der Waals surface area contributed by atoms with Crippen LogP contribution in [0.4, 0.5) is 0 Å². The summed E-state index contributed by atoms with van der Waals surface area (Å²) in [7, 11) is 0. The molecule has 2 aromatic carbocycles. The van der Waals surface area contributed by atoms with Crippen molar-refractivity contribution in [1.29, 1.82) is 5.26 Å². The third kappa shape index (κ3) is 3.93. The van der Waals surface area contributed by atoms with Crippen LogP contribution in [0.15, 0.2) is 66.7 Å². The molecule has 0 N–H and O–H groups in total. The maximum atomic E-state index is 12.0. The van der Waals surface area contributed by atoms with Crippen LogP contribution in [0, 0.1) is 17.2 Å². The van der Waals surface area contributed by atoms with Gasteiger partial charge in [-0.1, -0.05) is 72.8 Å². The Hall–Kier alpha value is -2.66. The van der Waals surface area contributed by atoms with Crippen LogP contribution in [0.5, 0.6) is 0 Å². The van der Waals surface area contributed by atoms with Crippen molar-refractivity contribution in [2.24, 2.45) is 5.92 Å². The molecule has 0 heterocycles. The van der Waals surface area contributed by atoms with E-state index >= 15 is 0 Å². The van der Waals surface area contributed by atoms with Gasteiger partial charge in [-0.2, -0.15) is 5.26 Å². The van der Waals surface area contributed by atoms with E-state index in [1.165, 1.54) is 0 Å². The van der Waals surface area contributed by atoms with Crippen molar-refractivity contribution >= 4 is 11.9 Å². The molecule has 0 spiro atoms. The van der Waals surface area contributed by atoms with Gasteiger partial charge in [-0.15, -0.1) is 0 Å². The molecule has 0 saturated heterocycles. The fourth-order valence-electron chi connectivity index (χ4n) is 1.89. The molecule has 0 aliphatic heterocycles. The highest BCUT2D eigenvalue weighted by Gasteiger charge is 2.11. The van der Waals surface area contributed by atoms with Gasteiger partial charge in [0.1, 0.15) is 0 Å². The molecular formula is C18H15NO. The summed E-state index contributed by atoms with van der Waals surface area (Å²) in [5.41, 5.74) is 1.68. The maximum absolute atomic E-state index is 12.0. The van der Waals surface area contributed by atoms with Crippen molar-refractivity contribution in [3.63, 3.8) is 0 Å². The quantitative estimate of drug-likeness (QED) is 0.760. The second-order valence-corrected chi connectivity index (χ2v) is 4.50. The van der Waals surface area contributed by atoms with E-state index in [-0.39, 0.29) is 12.2 Å². The second kappa shape index (κ2) is 7.06. The number of ketones is 1. The van der Waals surface area contributed by atoms with Crippen molar-refractivity contribution in [3.8, 4) is 6.07 Å². The van der Waals surface area contributed by atoms with Gasteiger partial charge in [0.15, 0.2) is 5.78 Å². The predicted octanol–water partition coefficient (Wildman–Crippen LogP) is 4.11. The minimum absolute atomic E-state index is 0.00476. The molecule has 0 amide bonds. The summed E-state index contributed by atoms with van der Waals surface area (Å²) < 4.78 is 0. The molecular weight excluding hydrogens is 246 g/mol. The molecule has 0 aliphatic rings. The van der Waals surface area contributed by atoms with E-state index in [9.17, 15) is 4.79 Å². The SMILES string of the molecule is N#CC(/C=C/c1ccccc1)CC(=O)c1ccccc1. The van der Waals surface area contributed by atoms with E-state index in [2.05, 4.69) is 6.07 Å². The number of carbonyl (C=O) groups is 1. The van der Waals surface area contributed by atoms with Gasteiger partial charge in [-0.25, -0.2) is 0 Å². The highest BCUT2D eigenvalue weighted by atomic mass is 16.1. The summed E-state index contributed by atoms with van der Waals surface area (Å²) in [5, 5.41) is 9.15. The summed E-state index contributed by atoms with van der Waals surface area (Å²) >= 11 is 0. The first-order valence-electron chi connectivity index (χ1n) is 6.50. The summed E-state index contributed by atoms with van der Waals surface area (Å²) in [6.45, 7) is 0. The molecule has 0 aliphatic carbocycles. The van der Waals surface area contributed by atoms with E-state index in [4.69, 9.17) is 5.26 Å². The summed E-state index contributed by atoms with van der Waals surface area (Å²) in [5.74, 6) is -0.405. The van der Waals surface area contributed by atoms with Crippen molar-refractivity contribution in [2.45, 2.75) is 6.42 Å². The Balaban J connectivity index is 2.02. The van der Waals surface area contributed by atoms with Crippen LogP contribution in [-0.2, 0) is 0 Å². The largest absolute Gasteiger partial charge is 0.294 e. The molecule has 2 aromatic rings. The molecule has 2 rings (SSSR count). The van der Waals surface area contributed by atoms with Crippen LogP contribution in [0.25, 0.3) is 6.08 Å². The fourth-order valence-corrected chi connectivity index (χ4v) is 1.89. The number of rotatable bonds is 5. The predicted molar refractivity (Wildman–Crippen MR) is 80.0 cm³/mol. The normalized spacial score (nSPS) is 11.9. The van der Waals surface area contributed by atoms with Gasteiger partial charge in [0.25, 0.3) is 0 Å². The van der Waals surface area contributed by atoms with Gasteiger partial charge >= 0.3 is 0 Å². The topological polar surface area (TPSA) is 40.9 Å². The molecule has 0 bridgehead atoms. The molecule has 98 valence electrons. The Morgan fingerprint density at radius 2 is 1.65 bits per heavy atom. The fraction of sp³-hybridized carbons (Fsp3) is 0.111. The Morgan fingerprint density at radius 1 is 1.05 bits per heavy atom. The van der Waals surface area contributed by atoms with Crippen LogP contribution in [0.2, 0.25) is 0 Å². The zero-order valence-corrected chi connectivity index (χ0v) is 11.1. The van der Waals surface area contributed by atoms with E-state index in [0.717, 1.165) is 5.56 Å². The van der Waals surface area contributed by atoms with Crippen LogP contribution >= 0.6 is 0 Å². The van der Waals surface area contributed by atoms with Crippen LogP contribution in [0.3, 0.4) is 0 Å². The minimum Gasteiger partial charge on any atom is -0.294 e. The van der Waals surface area contributed by atoms with E-state index in [1.807, 2.05) is 54.6 Å². The first kappa shape index (κ1) is 13.8. The molecule has 1 unspecified atom stereocenters. The van der Waals surface area contributed by atoms with Crippen molar-refractivity contribution in [2.75, 3.05) is 0 Å². The molecule has 2 nitrogen and oxygen atoms in total. The lowest BCUT2D eigenvalue weighted by Crippen LogP contribution is -2.05. The summed E-state index contributed by atoms with van der Waals surface area (Å²) in [4.78, 5) is 12.0. The third-order valence-electron chi connectivity index (χ3n) is 2.99. The molecule has 0 aromatic heterocycles. The van der Waals surface area contributed by atoms with E-state index < -0.39 is 5.92 Å². The number of benzene rings is 2. The highest BCUT2D eigenvalue weighted by molar-refractivity contribution is 5.96. The van der Waals surface area contributed by atoms with Crippen molar-refractivity contribution < 1.29 is 4.79 Å². The van der Waals surface area contributed by atoms with Gasteiger partial charge in [-0.05, 0) is 5.56 Å². The second-order valence-electron chi connectivity index (χ2n) is 4.50. The number of allylic oxidation sites excluding steroid dienone is 1. The first-order chi connectivity index (χ1) is 9.79. The van der Waals surface area contributed by atoms with Crippen LogP contribution < -0.4 is 0 Å². The lowest BCUT2D eigenvalue weighted by molar-refractivity contribution is 0.0976. The lowest BCUT2D eigenvalue weighted by atomic mass is 9.98. The number of nitrogens with zero attached hydrogens (tertiary/aromatic N) is 1. The zero-order chi connectivity index (χ0) is 14.2. The average Bonchev–Trinajstić information content (AvgIpc) is 2.53. The zero-order valence-electron chi connectivity index (χ0n) is 11.1. The monoisotopic (exact) mass is 261 g/mol. The van der Waals surface area contributed by atoms with E-state index in [1.54, 1.807) is 18.2 Å². The summed E-state index contributed by atoms with van der Waals surface area (Å²) in [6.07, 6.45) is 3.88. The molecule has 1 atom stereocenters. The molecule has 0 saturated carbocycles. The van der Waals surface area contributed by atoms with Crippen molar-refractivity contribution in [1.82, 2.24) is 0 Å². The Kier molecular flexibility index (Phi) is 4.86. The lowest BCUT2D eigenvalue weighted by Gasteiger charge is -2.03. The van der Waals surface area contributed by atoms with Crippen molar-refractivity contribution in [3.05, 3.63) is 77.9 Å². The minimum atomic E-state index is -0.400. The van der Waals surface area contributed by atoms with E-state index in [0.29, 0.717) is 5.56 Å². The number of hydrogen-bond donors (Lipinski definition) is 0. The third-order valence-corrected chi connectivity index (χ3v) is 2.99. The number of carbonyl (C=O) groups excluding carboxylic acids is 1. The molecule has 0 radical (unpaired) electrons. The van der Waals surface area contributed by atoms with Gasteiger partial charge in [0, 0.05) is 12.0 Å². The molecule has 20 heavy (non-hydrogen) atoms. The van der Waals surface area contributed by atoms with Gasteiger partial charge in [0.05, 0.1) is 12.0 Å². The Labute approximate surface area is 119 Å². The number of hydrogen-bond acceptors (Lipinski definition) is 2. The maximum Gasteiger partial charge on any atom is 0.164 e. The smallest absolute Gasteiger partial charge is 0.164 e. The Bertz CT molecular complexity index is 623. The summed E-state index contributed by atoms with van der Waals surface area (Å²) in [6, 6.07) is 21.0. The average molecular weight is 261 g/mol. The van der Waals surface area contributed by atoms with Gasteiger partial charge in [-0.3, -0.25) is 4.79 Å². The Morgan fingerprint density at radius 3 is 2.25 bits per heavy atom. The number of nitriles is 1.